The zero-order valence-electron chi connectivity index (χ0n) is 14.8. The Morgan fingerprint density at radius 1 is 1.07 bits per heavy atom. The van der Waals surface area contributed by atoms with Crippen molar-refractivity contribution in [2.24, 2.45) is 0 Å². The van der Waals surface area contributed by atoms with Crippen molar-refractivity contribution in [3.05, 3.63) is 66.0 Å². The van der Waals surface area contributed by atoms with Crippen molar-refractivity contribution >= 4 is 23.5 Å². The van der Waals surface area contributed by atoms with Crippen molar-refractivity contribution in [1.82, 2.24) is 10.2 Å². The lowest BCUT2D eigenvalue weighted by molar-refractivity contribution is -0.198. The van der Waals surface area contributed by atoms with Gasteiger partial charge in [-0.25, -0.2) is 9.18 Å². The maximum absolute atomic E-state index is 13.8. The van der Waals surface area contributed by atoms with Gasteiger partial charge in [0.25, 0.3) is 5.91 Å². The lowest BCUT2D eigenvalue weighted by atomic mass is 9.89. The quantitative estimate of drug-likeness (QED) is 0.588. The van der Waals surface area contributed by atoms with Crippen LogP contribution in [0.5, 0.6) is 0 Å². The molecule has 1 atom stereocenters. The van der Waals surface area contributed by atoms with Gasteiger partial charge in [-0.2, -0.15) is 13.2 Å². The van der Waals surface area contributed by atoms with E-state index in [-0.39, 0.29) is 5.69 Å². The third-order valence-electron chi connectivity index (χ3n) is 4.41. The van der Waals surface area contributed by atoms with Gasteiger partial charge >= 0.3 is 12.2 Å². The van der Waals surface area contributed by atoms with Gasteiger partial charge in [-0.05, 0) is 23.8 Å². The Morgan fingerprint density at radius 3 is 2.38 bits per heavy atom. The highest BCUT2D eigenvalue weighted by Crippen LogP contribution is 2.43. The van der Waals surface area contributed by atoms with Crippen molar-refractivity contribution in [3.63, 3.8) is 0 Å². The second-order valence-electron chi connectivity index (χ2n) is 6.31. The van der Waals surface area contributed by atoms with Crippen LogP contribution in [-0.4, -0.2) is 35.5 Å². The van der Waals surface area contributed by atoms with Crippen molar-refractivity contribution in [1.29, 1.82) is 0 Å². The van der Waals surface area contributed by atoms with Crippen LogP contribution < -0.4 is 10.6 Å². The number of carbonyl (C=O) groups is 3. The summed E-state index contributed by atoms with van der Waals surface area (Å²) in [7, 11) is 0. The fraction of sp³-hybridized carbons (Fsp3) is 0.211. The molecule has 29 heavy (non-hydrogen) atoms. The molecule has 1 unspecified atom stereocenters. The maximum Gasteiger partial charge on any atom is 0.425 e. The van der Waals surface area contributed by atoms with E-state index in [0.29, 0.717) is 4.90 Å². The first-order chi connectivity index (χ1) is 13.6. The number of halogens is 4. The topological polar surface area (TPSA) is 78.5 Å². The highest BCUT2D eigenvalue weighted by molar-refractivity contribution is 6.08. The second-order valence-corrected chi connectivity index (χ2v) is 6.31. The van der Waals surface area contributed by atoms with Crippen molar-refractivity contribution in [2.75, 3.05) is 11.9 Å². The average molecular weight is 409 g/mol. The molecular weight excluding hydrogens is 394 g/mol. The van der Waals surface area contributed by atoms with E-state index in [9.17, 15) is 31.9 Å². The van der Waals surface area contributed by atoms with Gasteiger partial charge < -0.3 is 10.6 Å². The molecule has 3 rings (SSSR count). The molecule has 1 fully saturated rings. The van der Waals surface area contributed by atoms with Crippen LogP contribution in [0.1, 0.15) is 12.0 Å². The van der Waals surface area contributed by atoms with Crippen LogP contribution in [0.4, 0.5) is 28.0 Å². The van der Waals surface area contributed by atoms with Crippen molar-refractivity contribution in [3.8, 4) is 0 Å². The summed E-state index contributed by atoms with van der Waals surface area (Å²) in [6.07, 6.45) is -5.56. The summed E-state index contributed by atoms with van der Waals surface area (Å²) >= 11 is 0. The molecule has 0 bridgehead atoms. The highest BCUT2D eigenvalue weighted by Gasteiger charge is 2.68. The highest BCUT2D eigenvalue weighted by atomic mass is 19.4. The van der Waals surface area contributed by atoms with Crippen molar-refractivity contribution < 1.29 is 31.9 Å². The smallest absolute Gasteiger partial charge is 0.326 e. The predicted octanol–water partition coefficient (Wildman–Crippen LogP) is 3.16. The summed E-state index contributed by atoms with van der Waals surface area (Å²) in [5.41, 5.74) is -3.51. The van der Waals surface area contributed by atoms with Gasteiger partial charge in [-0.15, -0.1) is 0 Å². The number of alkyl halides is 3. The molecule has 1 aliphatic heterocycles. The standard InChI is InChI=1S/C19H15F4N3O3/c20-13-7-4-8-14(11-13)24-15(27)9-10-26-16(28)18(19(21,22)23,25-17(26)29)12-5-2-1-3-6-12/h1-8,11H,9-10H2,(H,24,27)(H,25,29). The first kappa shape index (κ1) is 20.3. The number of nitrogens with one attached hydrogen (secondary N) is 2. The number of anilines is 1. The summed E-state index contributed by atoms with van der Waals surface area (Å²) in [6.45, 7) is -0.573. The Balaban J connectivity index is 1.76. The predicted molar refractivity (Wildman–Crippen MR) is 94.1 cm³/mol. The van der Waals surface area contributed by atoms with Gasteiger partial charge in [0.05, 0.1) is 0 Å². The van der Waals surface area contributed by atoms with Crippen LogP contribution in [0.3, 0.4) is 0 Å². The largest absolute Gasteiger partial charge is 0.425 e. The minimum Gasteiger partial charge on any atom is -0.326 e. The Hall–Kier alpha value is -3.43. The van der Waals surface area contributed by atoms with Gasteiger partial charge in [0.2, 0.25) is 11.4 Å². The van der Waals surface area contributed by atoms with Crippen LogP contribution in [0.25, 0.3) is 0 Å². The number of hydrogen-bond acceptors (Lipinski definition) is 3. The Labute approximate surface area is 162 Å². The molecule has 0 spiro atoms. The lowest BCUT2D eigenvalue weighted by Crippen LogP contribution is -2.55. The molecule has 0 aliphatic carbocycles. The first-order valence-electron chi connectivity index (χ1n) is 8.47. The van der Waals surface area contributed by atoms with Gasteiger partial charge in [-0.1, -0.05) is 36.4 Å². The molecule has 0 aromatic heterocycles. The minimum atomic E-state index is -5.10. The molecule has 0 saturated carbocycles. The summed E-state index contributed by atoms with van der Waals surface area (Å²) in [5.74, 6) is -2.80. The van der Waals surface area contributed by atoms with Crippen LogP contribution in [0, 0.1) is 5.82 Å². The number of hydrogen-bond donors (Lipinski definition) is 2. The van der Waals surface area contributed by atoms with E-state index in [0.717, 1.165) is 18.2 Å². The zero-order chi connectivity index (χ0) is 21.2. The molecule has 4 amide bonds. The third kappa shape index (κ3) is 3.78. The van der Waals surface area contributed by atoms with E-state index in [2.05, 4.69) is 5.32 Å². The first-order valence-corrected chi connectivity index (χ1v) is 8.47. The molecular formula is C19H15F4N3O3. The molecule has 6 nitrogen and oxygen atoms in total. The normalized spacial score (nSPS) is 19.2. The molecule has 10 heteroatoms. The maximum atomic E-state index is 13.8. The van der Waals surface area contributed by atoms with E-state index in [1.807, 2.05) is 0 Å². The molecule has 2 N–H and O–H groups in total. The number of nitrogens with zero attached hydrogens (tertiary/aromatic N) is 1. The van der Waals surface area contributed by atoms with Crippen LogP contribution in [0.15, 0.2) is 54.6 Å². The molecule has 2 aromatic carbocycles. The molecule has 2 aromatic rings. The summed E-state index contributed by atoms with van der Waals surface area (Å²) < 4.78 is 54.7. The lowest BCUT2D eigenvalue weighted by Gasteiger charge is -2.29. The van der Waals surface area contributed by atoms with Gasteiger partial charge in [-0.3, -0.25) is 14.5 Å². The summed E-state index contributed by atoms with van der Waals surface area (Å²) in [4.78, 5) is 37.1. The number of amides is 4. The molecule has 1 heterocycles. The second kappa shape index (κ2) is 7.53. The number of benzene rings is 2. The fourth-order valence-corrected chi connectivity index (χ4v) is 3.02. The van der Waals surface area contributed by atoms with Gasteiger partial charge in [0.1, 0.15) is 5.82 Å². The van der Waals surface area contributed by atoms with Crippen LogP contribution in [-0.2, 0) is 15.1 Å². The Kier molecular flexibility index (Phi) is 5.27. The van der Waals surface area contributed by atoms with Gasteiger partial charge in [0, 0.05) is 18.7 Å². The fourth-order valence-electron chi connectivity index (χ4n) is 3.02. The SMILES string of the molecule is O=C(CCN1C(=O)NC(c2ccccc2)(C(F)(F)F)C1=O)Nc1cccc(F)c1. The number of imide groups is 1. The zero-order valence-corrected chi connectivity index (χ0v) is 14.8. The van der Waals surface area contributed by atoms with Crippen LogP contribution in [0.2, 0.25) is 0 Å². The Bertz CT molecular complexity index is 949. The summed E-state index contributed by atoms with van der Waals surface area (Å²) in [5, 5.41) is 4.08. The molecule has 0 radical (unpaired) electrons. The Morgan fingerprint density at radius 2 is 1.76 bits per heavy atom. The number of carbonyl (C=O) groups excluding carboxylic acids is 3. The molecule has 1 aliphatic rings. The molecule has 152 valence electrons. The summed E-state index contributed by atoms with van der Waals surface area (Å²) in [6, 6.07) is 10.0. The number of urea groups is 1. The van der Waals surface area contributed by atoms with Crippen LogP contribution >= 0.6 is 0 Å². The van der Waals surface area contributed by atoms with E-state index < -0.39 is 53.9 Å². The number of rotatable bonds is 5. The van der Waals surface area contributed by atoms with Gasteiger partial charge in [0.15, 0.2) is 0 Å². The average Bonchev–Trinajstić information content (AvgIpc) is 2.92. The van der Waals surface area contributed by atoms with Crippen molar-refractivity contribution in [2.45, 2.75) is 18.1 Å². The van der Waals surface area contributed by atoms with E-state index in [1.54, 1.807) is 5.32 Å². The molecule has 1 saturated heterocycles. The third-order valence-corrected chi connectivity index (χ3v) is 4.41. The monoisotopic (exact) mass is 409 g/mol. The van der Waals surface area contributed by atoms with E-state index in [4.69, 9.17) is 0 Å². The minimum absolute atomic E-state index is 0.140. The van der Waals surface area contributed by atoms with E-state index in [1.165, 1.54) is 36.4 Å². The van der Waals surface area contributed by atoms with E-state index >= 15 is 0 Å².